The number of thioether (sulfide) groups is 1. The van der Waals surface area contributed by atoms with Gasteiger partial charge in [-0.3, -0.25) is 9.59 Å². The summed E-state index contributed by atoms with van der Waals surface area (Å²) in [6.45, 7) is 2.30. The number of carbonyl (C=O) groups is 2. The van der Waals surface area contributed by atoms with Crippen molar-refractivity contribution in [2.45, 2.75) is 4.34 Å². The molecule has 2 aromatic rings. The van der Waals surface area contributed by atoms with E-state index in [0.29, 0.717) is 41.5 Å². The molecular formula is C17H20N6O4S2. The highest BCUT2D eigenvalue weighted by Gasteiger charge is 2.17. The van der Waals surface area contributed by atoms with E-state index < -0.39 is 0 Å². The van der Waals surface area contributed by atoms with Crippen molar-refractivity contribution >= 4 is 46.3 Å². The fraction of sp³-hybridized carbons (Fsp3) is 0.353. The lowest BCUT2D eigenvalue weighted by atomic mass is 10.2. The van der Waals surface area contributed by atoms with Crippen LogP contribution in [0.3, 0.4) is 0 Å². The van der Waals surface area contributed by atoms with E-state index in [0.717, 1.165) is 5.56 Å². The zero-order valence-electron chi connectivity index (χ0n) is 15.4. The van der Waals surface area contributed by atoms with E-state index >= 15 is 0 Å². The van der Waals surface area contributed by atoms with Crippen molar-refractivity contribution in [1.82, 2.24) is 20.5 Å². The lowest BCUT2D eigenvalue weighted by Gasteiger charge is -2.26. The third-order valence-electron chi connectivity index (χ3n) is 3.76. The van der Waals surface area contributed by atoms with E-state index in [1.165, 1.54) is 29.3 Å². The Morgan fingerprint density at radius 1 is 1.31 bits per heavy atom. The van der Waals surface area contributed by atoms with Crippen molar-refractivity contribution in [2.75, 3.05) is 44.4 Å². The molecule has 0 saturated carbocycles. The Kier molecular flexibility index (Phi) is 7.78. The molecule has 1 aliphatic heterocycles. The summed E-state index contributed by atoms with van der Waals surface area (Å²) in [7, 11) is 0. The molecule has 0 bridgehead atoms. The summed E-state index contributed by atoms with van der Waals surface area (Å²) in [4.78, 5) is 25.5. The minimum atomic E-state index is -0.262. The Morgan fingerprint density at radius 3 is 2.76 bits per heavy atom. The van der Waals surface area contributed by atoms with Crippen LogP contribution in [0.5, 0.6) is 5.75 Å². The SMILES string of the molecule is Nc1nnc(SCC(=O)NN=Cc2ccc(OCC(=O)N3CCOCC3)cc2)s1. The van der Waals surface area contributed by atoms with Crippen LogP contribution in [0.15, 0.2) is 33.7 Å². The molecule has 12 heteroatoms. The summed E-state index contributed by atoms with van der Waals surface area (Å²) < 4.78 is 11.4. The van der Waals surface area contributed by atoms with Crippen LogP contribution in [0.25, 0.3) is 0 Å². The molecule has 0 spiro atoms. The zero-order chi connectivity index (χ0) is 20.5. The molecule has 29 heavy (non-hydrogen) atoms. The van der Waals surface area contributed by atoms with Crippen molar-refractivity contribution in [2.24, 2.45) is 5.10 Å². The minimum absolute atomic E-state index is 0.0125. The summed E-state index contributed by atoms with van der Waals surface area (Å²) in [6, 6.07) is 7.04. The van der Waals surface area contributed by atoms with Gasteiger partial charge in [0, 0.05) is 13.1 Å². The van der Waals surface area contributed by atoms with E-state index in [-0.39, 0.29) is 24.2 Å². The third-order valence-corrected chi connectivity index (χ3v) is 5.64. The quantitative estimate of drug-likeness (QED) is 0.349. The number of nitrogen functional groups attached to an aromatic ring is 1. The van der Waals surface area contributed by atoms with Crippen LogP contribution in [0.1, 0.15) is 5.56 Å². The van der Waals surface area contributed by atoms with Crippen molar-refractivity contribution < 1.29 is 19.1 Å². The summed E-state index contributed by atoms with van der Waals surface area (Å²) in [5, 5.41) is 11.8. The lowest BCUT2D eigenvalue weighted by molar-refractivity contribution is -0.137. The van der Waals surface area contributed by atoms with Crippen LogP contribution in [-0.4, -0.2) is 71.8 Å². The number of hydrazone groups is 1. The normalized spacial score (nSPS) is 14.1. The molecule has 1 aromatic carbocycles. The molecular weight excluding hydrogens is 416 g/mol. The number of hydrogen-bond donors (Lipinski definition) is 2. The molecule has 2 amide bonds. The number of aromatic nitrogens is 2. The van der Waals surface area contributed by atoms with Crippen LogP contribution in [0.2, 0.25) is 0 Å². The molecule has 1 fully saturated rings. The van der Waals surface area contributed by atoms with Gasteiger partial charge in [-0.25, -0.2) is 5.43 Å². The molecule has 0 radical (unpaired) electrons. The molecule has 0 aliphatic carbocycles. The molecule has 1 aromatic heterocycles. The number of amides is 2. The number of hydrogen-bond acceptors (Lipinski definition) is 10. The van der Waals surface area contributed by atoms with E-state index in [1.54, 1.807) is 29.2 Å². The maximum Gasteiger partial charge on any atom is 0.260 e. The summed E-state index contributed by atoms with van der Waals surface area (Å²) in [6.07, 6.45) is 1.52. The summed E-state index contributed by atoms with van der Waals surface area (Å²) in [5.41, 5.74) is 8.71. The highest BCUT2D eigenvalue weighted by atomic mass is 32.2. The monoisotopic (exact) mass is 436 g/mol. The predicted octanol–water partition coefficient (Wildman–Crippen LogP) is 0.600. The second-order valence-corrected chi connectivity index (χ2v) is 8.07. The van der Waals surface area contributed by atoms with Gasteiger partial charge >= 0.3 is 0 Å². The number of nitrogens with zero attached hydrogens (tertiary/aromatic N) is 4. The second-order valence-electron chi connectivity index (χ2n) is 5.84. The fourth-order valence-electron chi connectivity index (χ4n) is 2.32. The Bertz CT molecular complexity index is 852. The van der Waals surface area contributed by atoms with Gasteiger partial charge in [0.05, 0.1) is 25.2 Å². The molecule has 0 unspecified atom stereocenters. The average molecular weight is 437 g/mol. The first-order valence-electron chi connectivity index (χ1n) is 8.72. The van der Waals surface area contributed by atoms with E-state index in [1.807, 2.05) is 0 Å². The first-order valence-corrected chi connectivity index (χ1v) is 10.5. The van der Waals surface area contributed by atoms with Gasteiger partial charge in [0.15, 0.2) is 10.9 Å². The molecule has 10 nitrogen and oxygen atoms in total. The van der Waals surface area contributed by atoms with Crippen molar-refractivity contribution in [3.63, 3.8) is 0 Å². The van der Waals surface area contributed by atoms with E-state index in [2.05, 4.69) is 20.7 Å². The second kappa shape index (κ2) is 10.7. The maximum atomic E-state index is 12.1. The van der Waals surface area contributed by atoms with Gasteiger partial charge < -0.3 is 20.1 Å². The number of carbonyl (C=O) groups excluding carboxylic acids is 2. The molecule has 3 rings (SSSR count). The number of benzene rings is 1. The van der Waals surface area contributed by atoms with Gasteiger partial charge in [-0.2, -0.15) is 5.10 Å². The smallest absolute Gasteiger partial charge is 0.260 e. The summed E-state index contributed by atoms with van der Waals surface area (Å²) in [5.74, 6) is 0.425. The van der Waals surface area contributed by atoms with Gasteiger partial charge in [0.1, 0.15) is 5.75 Å². The molecule has 3 N–H and O–H groups in total. The van der Waals surface area contributed by atoms with Gasteiger partial charge in [-0.1, -0.05) is 23.1 Å². The van der Waals surface area contributed by atoms with Crippen molar-refractivity contribution in [3.8, 4) is 5.75 Å². The Morgan fingerprint density at radius 2 is 2.07 bits per heavy atom. The van der Waals surface area contributed by atoms with E-state index in [4.69, 9.17) is 15.2 Å². The van der Waals surface area contributed by atoms with Crippen LogP contribution in [0, 0.1) is 0 Å². The predicted molar refractivity (Wildman–Crippen MR) is 110 cm³/mol. The number of ether oxygens (including phenoxy) is 2. The van der Waals surface area contributed by atoms with Gasteiger partial charge in [-0.15, -0.1) is 10.2 Å². The first kappa shape index (κ1) is 21.0. The van der Waals surface area contributed by atoms with Crippen LogP contribution < -0.4 is 15.9 Å². The first-order chi connectivity index (χ1) is 14.1. The Hall–Kier alpha value is -2.70. The average Bonchev–Trinajstić information content (AvgIpc) is 3.17. The number of anilines is 1. The molecule has 2 heterocycles. The highest BCUT2D eigenvalue weighted by molar-refractivity contribution is 8.01. The van der Waals surface area contributed by atoms with Crippen LogP contribution in [0.4, 0.5) is 5.13 Å². The topological polar surface area (TPSA) is 132 Å². The third kappa shape index (κ3) is 7.00. The fourth-order valence-corrected chi connectivity index (χ4v) is 3.74. The minimum Gasteiger partial charge on any atom is -0.484 e. The number of nitrogens with two attached hydrogens (primary N) is 1. The Balaban J connectivity index is 1.37. The van der Waals surface area contributed by atoms with Crippen molar-refractivity contribution in [1.29, 1.82) is 0 Å². The van der Waals surface area contributed by atoms with Gasteiger partial charge in [0.2, 0.25) is 5.13 Å². The van der Waals surface area contributed by atoms with Crippen LogP contribution >= 0.6 is 23.1 Å². The van der Waals surface area contributed by atoms with Crippen molar-refractivity contribution in [3.05, 3.63) is 29.8 Å². The molecule has 1 aliphatic rings. The number of morpholine rings is 1. The maximum absolute atomic E-state index is 12.1. The van der Waals surface area contributed by atoms with Gasteiger partial charge in [-0.05, 0) is 29.8 Å². The Labute approximate surface area is 175 Å². The van der Waals surface area contributed by atoms with Crippen LogP contribution in [-0.2, 0) is 14.3 Å². The zero-order valence-corrected chi connectivity index (χ0v) is 17.1. The largest absolute Gasteiger partial charge is 0.484 e. The summed E-state index contributed by atoms with van der Waals surface area (Å²) >= 11 is 2.46. The number of nitrogens with one attached hydrogen (secondary N) is 1. The standard InChI is InChI=1S/C17H20N6O4S2/c18-16-21-22-17(29-16)28-11-14(24)20-19-9-12-1-3-13(4-2-12)27-10-15(25)23-5-7-26-8-6-23/h1-4,9H,5-8,10-11H2,(H2,18,21)(H,20,24). The molecule has 1 saturated heterocycles. The molecule has 0 atom stereocenters. The molecule has 154 valence electrons. The number of rotatable bonds is 8. The van der Waals surface area contributed by atoms with E-state index in [9.17, 15) is 9.59 Å². The van der Waals surface area contributed by atoms with Gasteiger partial charge in [0.25, 0.3) is 11.8 Å². The highest BCUT2D eigenvalue weighted by Crippen LogP contribution is 2.22. The lowest BCUT2D eigenvalue weighted by Crippen LogP contribution is -2.42.